The lowest BCUT2D eigenvalue weighted by molar-refractivity contribution is 0.0605. The topological polar surface area (TPSA) is 70.6 Å². The number of halogens is 1. The second-order valence-electron chi connectivity index (χ2n) is 7.97. The van der Waals surface area contributed by atoms with Crippen LogP contribution >= 0.6 is 23.4 Å². The van der Waals surface area contributed by atoms with Crippen molar-refractivity contribution in [3.63, 3.8) is 0 Å². The van der Waals surface area contributed by atoms with E-state index in [0.29, 0.717) is 48.6 Å². The Labute approximate surface area is 196 Å². The van der Waals surface area contributed by atoms with Crippen LogP contribution in [0.5, 0.6) is 0 Å². The molecule has 2 fully saturated rings. The fraction of sp³-hybridized carbons (Fsp3) is 0.304. The number of fused-ring (bicyclic) bond motifs is 1. The van der Waals surface area contributed by atoms with Crippen LogP contribution < -0.4 is 0 Å². The zero-order valence-corrected chi connectivity index (χ0v) is 19.7. The Hall–Kier alpha value is -2.13. The largest absolute Gasteiger partial charge is 0.323 e. The molecule has 3 aromatic rings. The first-order chi connectivity index (χ1) is 15.4. The third-order valence-corrected chi connectivity index (χ3v) is 10.1. The Kier molecular flexibility index (Phi) is 5.65. The summed E-state index contributed by atoms with van der Waals surface area (Å²) in [6, 6.07) is 16.0. The lowest BCUT2D eigenvalue weighted by atomic mass is 10.0. The van der Waals surface area contributed by atoms with Crippen molar-refractivity contribution in [2.24, 2.45) is 0 Å². The van der Waals surface area contributed by atoms with Gasteiger partial charge in [0.05, 0.1) is 21.0 Å². The Morgan fingerprint density at radius 2 is 1.75 bits per heavy atom. The minimum absolute atomic E-state index is 0.0878. The van der Waals surface area contributed by atoms with Gasteiger partial charge in [-0.1, -0.05) is 41.9 Å². The average Bonchev–Trinajstić information content (AvgIpc) is 3.21. The monoisotopic (exact) mass is 487 g/mol. The molecule has 2 aliphatic rings. The number of rotatable bonds is 3. The second kappa shape index (κ2) is 8.33. The number of sulfonamides is 1. The molecule has 0 aliphatic carbocycles. The van der Waals surface area contributed by atoms with Crippen LogP contribution in [0, 0.1) is 0 Å². The molecule has 2 aliphatic heterocycles. The third-order valence-electron chi connectivity index (χ3n) is 6.24. The van der Waals surface area contributed by atoms with E-state index in [4.69, 9.17) is 11.6 Å². The number of aromatic nitrogens is 1. The third kappa shape index (κ3) is 3.59. The predicted molar refractivity (Wildman–Crippen MR) is 127 cm³/mol. The molecule has 2 saturated heterocycles. The van der Waals surface area contributed by atoms with Crippen molar-refractivity contribution >= 4 is 50.2 Å². The van der Waals surface area contributed by atoms with Gasteiger partial charge in [0.1, 0.15) is 4.90 Å². The molecule has 166 valence electrons. The minimum atomic E-state index is -3.69. The maximum Gasteiger partial charge on any atom is 0.256 e. The number of amides is 1. The SMILES string of the molecule is O=C(c1ccccc1Cl)N1CCSC12CCN(S(=O)(=O)c1cccc3cccnc13)CC2. The molecule has 32 heavy (non-hydrogen) atoms. The van der Waals surface area contributed by atoms with E-state index in [0.717, 1.165) is 11.1 Å². The predicted octanol–water partition coefficient (Wildman–Crippen LogP) is 4.26. The normalized spacial score (nSPS) is 19.0. The summed E-state index contributed by atoms with van der Waals surface area (Å²) >= 11 is 8.02. The highest BCUT2D eigenvalue weighted by atomic mass is 35.5. The summed E-state index contributed by atoms with van der Waals surface area (Å²) in [6.45, 7) is 1.34. The Balaban J connectivity index is 1.39. The van der Waals surface area contributed by atoms with Gasteiger partial charge in [0.25, 0.3) is 5.91 Å². The standard InChI is InChI=1S/C23H22ClN3O3S2/c24-19-8-2-1-7-18(19)22(28)27-15-16-31-23(27)10-13-26(14-11-23)32(29,30)20-9-3-5-17-6-4-12-25-21(17)20/h1-9,12H,10-11,13-16H2. The molecule has 0 unspecified atom stereocenters. The van der Waals surface area contributed by atoms with Gasteiger partial charge in [-0.05, 0) is 37.1 Å². The van der Waals surface area contributed by atoms with Crippen LogP contribution in [0.1, 0.15) is 23.2 Å². The minimum Gasteiger partial charge on any atom is -0.323 e. The number of benzene rings is 2. The molecular formula is C23H22ClN3O3S2. The van der Waals surface area contributed by atoms with Crippen LogP contribution in [-0.4, -0.2) is 58.8 Å². The molecule has 6 nitrogen and oxygen atoms in total. The molecule has 1 amide bonds. The lowest BCUT2D eigenvalue weighted by Crippen LogP contribution is -2.53. The van der Waals surface area contributed by atoms with E-state index in [1.54, 1.807) is 54.4 Å². The fourth-order valence-corrected chi connectivity index (χ4v) is 7.87. The summed E-state index contributed by atoms with van der Waals surface area (Å²) in [4.78, 5) is 19.3. The number of thioether (sulfide) groups is 1. The lowest BCUT2D eigenvalue weighted by Gasteiger charge is -2.43. The van der Waals surface area contributed by atoms with E-state index in [-0.39, 0.29) is 10.8 Å². The average molecular weight is 488 g/mol. The van der Waals surface area contributed by atoms with Crippen LogP contribution in [0.2, 0.25) is 5.02 Å². The van der Waals surface area contributed by atoms with Crippen molar-refractivity contribution < 1.29 is 13.2 Å². The summed E-state index contributed by atoms with van der Waals surface area (Å²) in [7, 11) is -3.69. The molecule has 0 bridgehead atoms. The van der Waals surface area contributed by atoms with Crippen molar-refractivity contribution in [3.8, 4) is 0 Å². The molecule has 5 rings (SSSR count). The van der Waals surface area contributed by atoms with Crippen molar-refractivity contribution in [2.75, 3.05) is 25.4 Å². The summed E-state index contributed by atoms with van der Waals surface area (Å²) in [6.07, 6.45) is 2.76. The van der Waals surface area contributed by atoms with Gasteiger partial charge in [0.2, 0.25) is 10.0 Å². The van der Waals surface area contributed by atoms with Gasteiger partial charge in [0.15, 0.2) is 0 Å². The van der Waals surface area contributed by atoms with Crippen LogP contribution in [0.15, 0.2) is 65.7 Å². The number of piperidine rings is 1. The summed E-state index contributed by atoms with van der Waals surface area (Å²) in [5.74, 6) is 0.742. The number of hydrogen-bond donors (Lipinski definition) is 0. The van der Waals surface area contributed by atoms with E-state index >= 15 is 0 Å². The zero-order chi connectivity index (χ0) is 22.3. The molecule has 0 atom stereocenters. The van der Waals surface area contributed by atoms with Gasteiger partial charge in [-0.15, -0.1) is 11.8 Å². The Morgan fingerprint density at radius 1 is 1.00 bits per heavy atom. The van der Waals surface area contributed by atoms with Crippen LogP contribution in [0.3, 0.4) is 0 Å². The maximum absolute atomic E-state index is 13.5. The molecule has 0 N–H and O–H groups in total. The molecule has 1 spiro atoms. The van der Waals surface area contributed by atoms with Gasteiger partial charge < -0.3 is 4.90 Å². The van der Waals surface area contributed by atoms with Crippen LogP contribution in [0.25, 0.3) is 10.9 Å². The zero-order valence-electron chi connectivity index (χ0n) is 17.3. The molecule has 0 radical (unpaired) electrons. The highest BCUT2D eigenvalue weighted by Gasteiger charge is 2.48. The molecular weight excluding hydrogens is 466 g/mol. The van der Waals surface area contributed by atoms with Crippen LogP contribution in [0.4, 0.5) is 0 Å². The first-order valence-electron chi connectivity index (χ1n) is 10.5. The summed E-state index contributed by atoms with van der Waals surface area (Å²) in [5.41, 5.74) is 0.981. The quantitative estimate of drug-likeness (QED) is 0.552. The molecule has 3 heterocycles. The number of pyridine rings is 1. The van der Waals surface area contributed by atoms with Gasteiger partial charge in [-0.3, -0.25) is 9.78 Å². The van der Waals surface area contributed by atoms with Gasteiger partial charge in [0, 0.05) is 37.0 Å². The molecule has 9 heteroatoms. The summed E-state index contributed by atoms with van der Waals surface area (Å²) < 4.78 is 28.5. The number of para-hydroxylation sites is 1. The van der Waals surface area contributed by atoms with Gasteiger partial charge >= 0.3 is 0 Å². The number of hydrogen-bond acceptors (Lipinski definition) is 5. The summed E-state index contributed by atoms with van der Waals surface area (Å²) in [5, 5.41) is 1.23. The highest BCUT2D eigenvalue weighted by Crippen LogP contribution is 2.45. The first kappa shape index (κ1) is 21.7. The van der Waals surface area contributed by atoms with Crippen molar-refractivity contribution in [1.29, 1.82) is 0 Å². The maximum atomic E-state index is 13.5. The van der Waals surface area contributed by atoms with E-state index < -0.39 is 14.9 Å². The first-order valence-corrected chi connectivity index (χ1v) is 13.3. The van der Waals surface area contributed by atoms with E-state index in [1.807, 2.05) is 23.1 Å². The smallest absolute Gasteiger partial charge is 0.256 e. The number of carbonyl (C=O) groups is 1. The Morgan fingerprint density at radius 3 is 2.53 bits per heavy atom. The van der Waals surface area contributed by atoms with Crippen molar-refractivity contribution in [3.05, 3.63) is 71.4 Å². The highest BCUT2D eigenvalue weighted by molar-refractivity contribution is 8.00. The van der Waals surface area contributed by atoms with Crippen molar-refractivity contribution in [1.82, 2.24) is 14.2 Å². The van der Waals surface area contributed by atoms with E-state index in [9.17, 15) is 13.2 Å². The fourth-order valence-electron chi connectivity index (χ4n) is 4.59. The van der Waals surface area contributed by atoms with Crippen LogP contribution in [-0.2, 0) is 10.0 Å². The van der Waals surface area contributed by atoms with E-state index in [1.165, 1.54) is 4.31 Å². The van der Waals surface area contributed by atoms with Gasteiger partial charge in [-0.2, -0.15) is 4.31 Å². The van der Waals surface area contributed by atoms with E-state index in [2.05, 4.69) is 4.98 Å². The number of carbonyl (C=O) groups excluding carboxylic acids is 1. The van der Waals surface area contributed by atoms with Gasteiger partial charge in [-0.25, -0.2) is 8.42 Å². The number of nitrogens with zero attached hydrogens (tertiary/aromatic N) is 3. The molecule has 0 saturated carbocycles. The molecule has 1 aromatic heterocycles. The Bertz CT molecular complexity index is 1290. The molecule has 2 aromatic carbocycles. The van der Waals surface area contributed by atoms with Crippen molar-refractivity contribution in [2.45, 2.75) is 22.6 Å². The second-order valence-corrected chi connectivity index (χ2v) is 11.7.